The van der Waals surface area contributed by atoms with Gasteiger partial charge in [-0.3, -0.25) is 9.59 Å². The predicted octanol–water partition coefficient (Wildman–Crippen LogP) is 2.04. The van der Waals surface area contributed by atoms with E-state index in [2.05, 4.69) is 0 Å². The molecule has 0 spiro atoms. The summed E-state index contributed by atoms with van der Waals surface area (Å²) < 4.78 is 17.0. The number of hydrogen-bond donors (Lipinski definition) is 3. The summed E-state index contributed by atoms with van der Waals surface area (Å²) in [7, 11) is 0. The fourth-order valence-corrected chi connectivity index (χ4v) is 7.18. The molecule has 3 saturated carbocycles. The monoisotopic (exact) mass is 392 g/mol. The minimum Gasteiger partial charge on any atom is -0.390 e. The van der Waals surface area contributed by atoms with Crippen molar-refractivity contribution in [1.82, 2.24) is 0 Å². The Kier molecular flexibility index (Phi) is 4.15. The van der Waals surface area contributed by atoms with Crippen LogP contribution in [0.15, 0.2) is 23.3 Å². The molecule has 4 aliphatic rings. The molecule has 4 rings (SSSR count). The molecule has 6 heteroatoms. The molecule has 0 aromatic heterocycles. The summed E-state index contributed by atoms with van der Waals surface area (Å²) >= 11 is 0. The van der Waals surface area contributed by atoms with Crippen LogP contribution in [0, 0.1) is 22.7 Å². The number of ketones is 2. The quantitative estimate of drug-likeness (QED) is 0.669. The van der Waals surface area contributed by atoms with Gasteiger partial charge >= 0.3 is 0 Å². The van der Waals surface area contributed by atoms with E-state index in [1.54, 1.807) is 20.8 Å². The van der Waals surface area contributed by atoms with Gasteiger partial charge in [-0.1, -0.05) is 18.1 Å². The molecule has 3 fully saturated rings. The van der Waals surface area contributed by atoms with Crippen LogP contribution in [0.2, 0.25) is 0 Å². The Labute approximate surface area is 164 Å². The van der Waals surface area contributed by atoms with Gasteiger partial charge < -0.3 is 15.3 Å². The van der Waals surface area contributed by atoms with Crippen LogP contribution in [-0.4, -0.2) is 50.9 Å². The molecule has 154 valence electrons. The van der Waals surface area contributed by atoms with E-state index in [-0.39, 0.29) is 24.5 Å². The molecule has 5 nitrogen and oxygen atoms in total. The molecule has 0 bridgehead atoms. The van der Waals surface area contributed by atoms with Gasteiger partial charge in [-0.2, -0.15) is 0 Å². The third-order valence-electron chi connectivity index (χ3n) is 8.91. The van der Waals surface area contributed by atoms with Gasteiger partial charge in [-0.25, -0.2) is 4.39 Å². The van der Waals surface area contributed by atoms with Gasteiger partial charge in [0.25, 0.3) is 0 Å². The molecule has 7 atom stereocenters. The Balaban J connectivity index is 1.84. The maximum atomic E-state index is 17.0. The molecular formula is C22H29FO5. The minimum atomic E-state index is -1.98. The van der Waals surface area contributed by atoms with Crippen molar-refractivity contribution in [3.05, 3.63) is 23.3 Å². The third-order valence-corrected chi connectivity index (χ3v) is 8.91. The van der Waals surface area contributed by atoms with Crippen LogP contribution in [0.4, 0.5) is 4.39 Å². The molecule has 1 unspecified atom stereocenters. The molecule has 3 N–H and O–H groups in total. The number of Topliss-reactive ketones (excluding diaryl/α,β-unsaturated/α-hetero) is 1. The van der Waals surface area contributed by atoms with E-state index in [0.717, 1.165) is 5.57 Å². The number of aliphatic hydroxyl groups is 3. The smallest absolute Gasteiger partial charge is 0.190 e. The number of allylic oxidation sites excluding steroid dienone is 4. The van der Waals surface area contributed by atoms with Gasteiger partial charge in [0, 0.05) is 16.7 Å². The summed E-state index contributed by atoms with van der Waals surface area (Å²) in [5.74, 6) is -1.63. The van der Waals surface area contributed by atoms with Gasteiger partial charge in [0.2, 0.25) is 0 Å². The van der Waals surface area contributed by atoms with Crippen molar-refractivity contribution < 1.29 is 29.3 Å². The zero-order valence-corrected chi connectivity index (χ0v) is 16.7. The van der Waals surface area contributed by atoms with E-state index in [0.29, 0.717) is 24.8 Å². The van der Waals surface area contributed by atoms with Crippen LogP contribution in [-0.2, 0) is 9.59 Å². The zero-order valence-electron chi connectivity index (χ0n) is 16.7. The topological polar surface area (TPSA) is 94.8 Å². The summed E-state index contributed by atoms with van der Waals surface area (Å²) in [6, 6.07) is 0. The summed E-state index contributed by atoms with van der Waals surface area (Å²) in [5.41, 5.74) is -4.46. The first-order chi connectivity index (χ1) is 13.0. The van der Waals surface area contributed by atoms with E-state index in [1.165, 1.54) is 12.2 Å². The summed E-state index contributed by atoms with van der Waals surface area (Å²) in [6.07, 6.45) is 3.16. The molecule has 4 aliphatic carbocycles. The fraction of sp³-hybridized carbons (Fsp3) is 0.727. The molecular weight excluding hydrogens is 363 g/mol. The van der Waals surface area contributed by atoms with Gasteiger partial charge in [-0.15, -0.1) is 0 Å². The van der Waals surface area contributed by atoms with Crippen LogP contribution in [0.1, 0.15) is 52.9 Å². The molecule has 0 aromatic carbocycles. The molecule has 0 heterocycles. The average Bonchev–Trinajstić information content (AvgIpc) is 2.89. The third kappa shape index (κ3) is 2.01. The van der Waals surface area contributed by atoms with Crippen molar-refractivity contribution in [2.45, 2.75) is 70.2 Å². The maximum Gasteiger partial charge on any atom is 0.190 e. The van der Waals surface area contributed by atoms with E-state index in [4.69, 9.17) is 0 Å². The highest BCUT2D eigenvalue weighted by Crippen LogP contribution is 2.70. The fourth-order valence-electron chi connectivity index (χ4n) is 7.18. The number of halogens is 1. The van der Waals surface area contributed by atoms with Crippen molar-refractivity contribution in [1.29, 1.82) is 0 Å². The Bertz CT molecular complexity index is 818. The van der Waals surface area contributed by atoms with Crippen LogP contribution in [0.3, 0.4) is 0 Å². The van der Waals surface area contributed by atoms with Gasteiger partial charge in [-0.05, 0) is 64.0 Å². The minimum absolute atomic E-state index is 0.0585. The first-order valence-electron chi connectivity index (χ1n) is 10.1. The first-order valence-corrected chi connectivity index (χ1v) is 10.1. The normalized spacial score (nSPS) is 50.2. The molecule has 0 aliphatic heterocycles. The van der Waals surface area contributed by atoms with Crippen molar-refractivity contribution in [2.75, 3.05) is 6.61 Å². The van der Waals surface area contributed by atoms with Gasteiger partial charge in [0.1, 0.15) is 12.2 Å². The number of carbonyl (C=O) groups excluding carboxylic acids is 2. The van der Waals surface area contributed by atoms with Crippen LogP contribution in [0.25, 0.3) is 0 Å². The second-order valence-electron chi connectivity index (χ2n) is 9.66. The van der Waals surface area contributed by atoms with Gasteiger partial charge in [0.05, 0.1) is 6.10 Å². The standard InChI is InChI=1S/C22H29FO5/c1-12-8-14(25)9-13-4-5-16-15-6-7-21(28,18(27)11-24)19(15,2)10-17(26)22(16,23)20(12,13)3/h8-9,15-17,24,26,28H,4-7,10-11H2,1-3H3/t15-,16-,17?,19-,20-,21-,22-/m0/s1. The van der Waals surface area contributed by atoms with Crippen LogP contribution >= 0.6 is 0 Å². The summed E-state index contributed by atoms with van der Waals surface area (Å²) in [5, 5.41) is 31.7. The van der Waals surface area contributed by atoms with E-state index in [1.807, 2.05) is 0 Å². The number of hydrogen-bond acceptors (Lipinski definition) is 5. The lowest BCUT2D eigenvalue weighted by Gasteiger charge is -2.63. The van der Waals surface area contributed by atoms with E-state index < -0.39 is 46.5 Å². The van der Waals surface area contributed by atoms with E-state index >= 15 is 4.39 Å². The largest absolute Gasteiger partial charge is 0.390 e. The molecule has 28 heavy (non-hydrogen) atoms. The summed E-state index contributed by atoms with van der Waals surface area (Å²) in [6.45, 7) is 4.50. The number of carbonyl (C=O) groups is 2. The number of fused-ring (bicyclic) bond motifs is 5. The van der Waals surface area contributed by atoms with Crippen molar-refractivity contribution >= 4 is 11.6 Å². The van der Waals surface area contributed by atoms with Crippen LogP contribution in [0.5, 0.6) is 0 Å². The first kappa shape index (κ1) is 19.9. The molecule has 0 radical (unpaired) electrons. The van der Waals surface area contributed by atoms with Crippen molar-refractivity contribution in [2.24, 2.45) is 22.7 Å². The number of rotatable bonds is 2. The predicted molar refractivity (Wildman–Crippen MR) is 100 cm³/mol. The zero-order chi connectivity index (χ0) is 20.7. The Morgan fingerprint density at radius 2 is 1.93 bits per heavy atom. The lowest BCUT2D eigenvalue weighted by Crippen LogP contribution is -2.69. The van der Waals surface area contributed by atoms with E-state index in [9.17, 15) is 24.9 Å². The Hall–Kier alpha value is -1.37. The second-order valence-corrected chi connectivity index (χ2v) is 9.66. The Morgan fingerprint density at radius 3 is 2.57 bits per heavy atom. The van der Waals surface area contributed by atoms with Crippen molar-refractivity contribution in [3.8, 4) is 0 Å². The molecule has 0 amide bonds. The molecule has 0 saturated heterocycles. The number of aliphatic hydroxyl groups excluding tert-OH is 2. The highest BCUT2D eigenvalue weighted by Gasteiger charge is 2.74. The van der Waals surface area contributed by atoms with Crippen LogP contribution < -0.4 is 0 Å². The second kappa shape index (κ2) is 5.83. The average molecular weight is 392 g/mol. The SMILES string of the molecule is CC1=CC(=O)C=C2CC[C@H]3[C@@H]4CC[C@](O)(C(=O)CO)[C@@]4(C)CC(O)[C@]3(F)[C@@]12C. The number of alkyl halides is 1. The van der Waals surface area contributed by atoms with Crippen molar-refractivity contribution in [3.63, 3.8) is 0 Å². The lowest BCUT2D eigenvalue weighted by atomic mass is 9.43. The highest BCUT2D eigenvalue weighted by atomic mass is 19.1. The summed E-state index contributed by atoms with van der Waals surface area (Å²) in [4.78, 5) is 24.4. The highest BCUT2D eigenvalue weighted by molar-refractivity contribution is 6.02. The maximum absolute atomic E-state index is 17.0. The molecule has 0 aromatic rings. The lowest BCUT2D eigenvalue weighted by molar-refractivity contribution is -0.219. The van der Waals surface area contributed by atoms with Gasteiger partial charge in [0.15, 0.2) is 17.2 Å². The Morgan fingerprint density at radius 1 is 1.25 bits per heavy atom.